The third kappa shape index (κ3) is 5.10. The van der Waals surface area contributed by atoms with Gasteiger partial charge in [0.25, 0.3) is 0 Å². The van der Waals surface area contributed by atoms with Gasteiger partial charge < -0.3 is 10.3 Å². The first-order valence-electron chi connectivity index (χ1n) is 10.6. The average molecular weight is 446 g/mol. The first kappa shape index (κ1) is 21.4. The number of H-pyrrole nitrogens is 1. The number of nitrogens with zero attached hydrogens (tertiary/aromatic N) is 5. The van der Waals surface area contributed by atoms with E-state index < -0.39 is 10.0 Å². The minimum absolute atomic E-state index is 0.0150. The number of aromatic amines is 1. The van der Waals surface area contributed by atoms with Crippen molar-refractivity contribution in [2.75, 3.05) is 19.6 Å². The van der Waals surface area contributed by atoms with Gasteiger partial charge in [-0.3, -0.25) is 4.79 Å². The van der Waals surface area contributed by atoms with Crippen molar-refractivity contribution in [2.24, 2.45) is 0 Å². The number of nitrogens with one attached hydrogen (secondary N) is 2. The quantitative estimate of drug-likeness (QED) is 0.514. The lowest BCUT2D eigenvalue weighted by Crippen LogP contribution is -2.35. The number of fused-ring (bicyclic) bond motifs is 1. The molecule has 1 aliphatic rings. The summed E-state index contributed by atoms with van der Waals surface area (Å²) in [5.74, 6) is -0.0150. The van der Waals surface area contributed by atoms with E-state index in [9.17, 15) is 13.2 Å². The molecule has 0 saturated carbocycles. The third-order valence-corrected chi connectivity index (χ3v) is 7.38. The van der Waals surface area contributed by atoms with E-state index in [1.54, 1.807) is 39.7 Å². The summed E-state index contributed by atoms with van der Waals surface area (Å²) in [5.41, 5.74) is 2.29. The normalized spacial score (nSPS) is 15.4. The molecule has 0 radical (unpaired) electrons. The molecule has 2 N–H and O–H groups in total. The number of carbonyl (C=O) groups excluding carboxylic acids is 1. The fourth-order valence-corrected chi connectivity index (χ4v) is 5.31. The van der Waals surface area contributed by atoms with Crippen LogP contribution in [0.25, 0.3) is 11.0 Å². The van der Waals surface area contributed by atoms with Gasteiger partial charge >= 0.3 is 0 Å². The second-order valence-corrected chi connectivity index (χ2v) is 9.65. The molecule has 3 aromatic rings. The van der Waals surface area contributed by atoms with Crippen molar-refractivity contribution in [3.63, 3.8) is 0 Å². The highest BCUT2D eigenvalue weighted by atomic mass is 32.2. The van der Waals surface area contributed by atoms with Crippen molar-refractivity contribution < 1.29 is 13.2 Å². The van der Waals surface area contributed by atoms with Gasteiger partial charge in [-0.1, -0.05) is 11.6 Å². The minimum Gasteiger partial charge on any atom is -0.356 e. The van der Waals surface area contributed by atoms with Gasteiger partial charge in [0, 0.05) is 50.9 Å². The molecule has 1 aliphatic heterocycles. The van der Waals surface area contributed by atoms with Gasteiger partial charge in [-0.15, -0.1) is 5.10 Å². The first-order valence-corrected chi connectivity index (χ1v) is 12.1. The van der Waals surface area contributed by atoms with E-state index in [1.807, 2.05) is 0 Å². The molecule has 166 valence electrons. The molecule has 1 saturated heterocycles. The van der Waals surface area contributed by atoms with Gasteiger partial charge in [0.05, 0.1) is 16.7 Å². The smallest absolute Gasteiger partial charge is 0.243 e. The van der Waals surface area contributed by atoms with Crippen LogP contribution in [0.5, 0.6) is 0 Å². The lowest BCUT2D eigenvalue weighted by atomic mass is 10.2. The minimum atomic E-state index is -3.50. The number of aromatic nitrogens is 5. The first-order chi connectivity index (χ1) is 15.0. The molecule has 3 heterocycles. The van der Waals surface area contributed by atoms with Crippen LogP contribution in [-0.4, -0.2) is 63.2 Å². The van der Waals surface area contributed by atoms with Crippen molar-refractivity contribution >= 4 is 27.0 Å². The number of sulfonamides is 1. The molecule has 11 heteroatoms. The van der Waals surface area contributed by atoms with Crippen LogP contribution in [0.3, 0.4) is 0 Å². The highest BCUT2D eigenvalue weighted by molar-refractivity contribution is 7.89. The number of hydrogen-bond acceptors (Lipinski definition) is 6. The van der Waals surface area contributed by atoms with E-state index >= 15 is 0 Å². The summed E-state index contributed by atoms with van der Waals surface area (Å²) in [6.45, 7) is 2.22. The Morgan fingerprint density at radius 1 is 1.19 bits per heavy atom. The summed E-state index contributed by atoms with van der Waals surface area (Å²) < 4.78 is 29.0. The molecule has 4 rings (SSSR count). The number of amides is 1. The zero-order chi connectivity index (χ0) is 21.7. The number of hydrogen-bond donors (Lipinski definition) is 2. The Morgan fingerprint density at radius 2 is 2.03 bits per heavy atom. The highest BCUT2D eigenvalue weighted by Gasteiger charge is 2.26. The molecule has 2 aromatic heterocycles. The van der Waals surface area contributed by atoms with E-state index in [-0.39, 0.29) is 10.8 Å². The number of rotatable bonds is 9. The molecule has 1 aromatic carbocycles. The summed E-state index contributed by atoms with van der Waals surface area (Å²) in [4.78, 5) is 19.2. The maximum absolute atomic E-state index is 12.9. The fraction of sp³-hybridized carbons (Fsp3) is 0.500. The molecule has 0 unspecified atom stereocenters. The Morgan fingerprint density at radius 3 is 2.81 bits per heavy atom. The molecule has 1 amide bonds. The van der Waals surface area contributed by atoms with Gasteiger partial charge in [0.15, 0.2) is 0 Å². The molecule has 1 fully saturated rings. The van der Waals surface area contributed by atoms with Gasteiger partial charge in [0.2, 0.25) is 15.9 Å². The molecule has 10 nitrogen and oxygen atoms in total. The van der Waals surface area contributed by atoms with Gasteiger partial charge in [0.1, 0.15) is 5.52 Å². The number of carbonyl (C=O) groups is 1. The van der Waals surface area contributed by atoms with Crippen LogP contribution in [0.15, 0.2) is 35.6 Å². The second-order valence-electron chi connectivity index (χ2n) is 7.71. The molecule has 31 heavy (non-hydrogen) atoms. The number of benzene rings is 1. The van der Waals surface area contributed by atoms with Crippen LogP contribution in [-0.2, 0) is 27.8 Å². The fourth-order valence-electron chi connectivity index (χ4n) is 3.77. The second kappa shape index (κ2) is 9.56. The predicted molar refractivity (Wildman–Crippen MR) is 115 cm³/mol. The number of imidazole rings is 1. The summed E-state index contributed by atoms with van der Waals surface area (Å²) in [7, 11) is -3.50. The maximum atomic E-state index is 12.9. The van der Waals surface area contributed by atoms with E-state index in [4.69, 9.17) is 0 Å². The Balaban J connectivity index is 1.31. The molecular weight excluding hydrogens is 418 g/mol. The Labute approximate surface area is 181 Å². The van der Waals surface area contributed by atoms with Crippen LogP contribution in [0.4, 0.5) is 0 Å². The Hall–Kier alpha value is -2.79. The summed E-state index contributed by atoms with van der Waals surface area (Å²) in [6, 6.07) is 4.95. The summed E-state index contributed by atoms with van der Waals surface area (Å²) >= 11 is 0. The third-order valence-electron chi connectivity index (χ3n) is 5.48. The molecule has 0 spiro atoms. The Kier molecular flexibility index (Phi) is 6.62. The largest absolute Gasteiger partial charge is 0.356 e. The molecular formula is C20H27N7O3S. The number of aryl methyl sites for hydroxylation is 1. The zero-order valence-corrected chi connectivity index (χ0v) is 18.1. The van der Waals surface area contributed by atoms with Crippen molar-refractivity contribution in [1.29, 1.82) is 0 Å². The van der Waals surface area contributed by atoms with E-state index in [0.29, 0.717) is 51.0 Å². The average Bonchev–Trinajstić information content (AvgIpc) is 3.44. The van der Waals surface area contributed by atoms with Crippen LogP contribution in [0.1, 0.15) is 37.8 Å². The van der Waals surface area contributed by atoms with Crippen LogP contribution in [0, 0.1) is 0 Å². The van der Waals surface area contributed by atoms with Crippen molar-refractivity contribution in [1.82, 2.24) is 34.6 Å². The lowest BCUT2D eigenvalue weighted by molar-refractivity contribution is -0.121. The van der Waals surface area contributed by atoms with E-state index in [0.717, 1.165) is 30.5 Å². The van der Waals surface area contributed by atoms with Crippen molar-refractivity contribution in [3.8, 4) is 0 Å². The van der Waals surface area contributed by atoms with Gasteiger partial charge in [-0.25, -0.2) is 18.1 Å². The van der Waals surface area contributed by atoms with Gasteiger partial charge in [-0.05, 0) is 37.5 Å². The summed E-state index contributed by atoms with van der Waals surface area (Å²) in [5, 5.41) is 11.2. The van der Waals surface area contributed by atoms with Gasteiger partial charge in [-0.2, -0.15) is 4.31 Å². The Bertz CT molecular complexity index is 1120. The van der Waals surface area contributed by atoms with Crippen molar-refractivity contribution in [3.05, 3.63) is 36.4 Å². The lowest BCUT2D eigenvalue weighted by Gasteiger charge is -2.25. The zero-order valence-electron chi connectivity index (χ0n) is 17.3. The number of piperidine rings is 1. The predicted octanol–water partition coefficient (Wildman–Crippen LogP) is 1.47. The van der Waals surface area contributed by atoms with Crippen LogP contribution < -0.4 is 5.32 Å². The monoisotopic (exact) mass is 445 g/mol. The van der Waals surface area contributed by atoms with E-state index in [1.165, 1.54) is 0 Å². The highest BCUT2D eigenvalue weighted by Crippen LogP contribution is 2.23. The SMILES string of the molecule is O=C(CCCn1nnc2cc(S(=O)(=O)N3CCCCC3)ccc21)NCCc1cnc[nH]1. The standard InChI is InChI=1S/C20H27N7O3S/c28-20(22-9-8-16-14-21-15-23-16)5-4-12-27-19-7-6-17(13-18(19)24-25-27)31(29,30)26-10-2-1-3-11-26/h6-7,13-15H,1-5,8-12H2,(H,21,23)(H,22,28). The van der Waals surface area contributed by atoms with E-state index in [2.05, 4.69) is 25.6 Å². The van der Waals surface area contributed by atoms with Crippen LogP contribution >= 0.6 is 0 Å². The molecule has 0 aliphatic carbocycles. The topological polar surface area (TPSA) is 126 Å². The summed E-state index contributed by atoms with van der Waals surface area (Å²) in [6.07, 6.45) is 7.93. The molecule has 0 bridgehead atoms. The maximum Gasteiger partial charge on any atom is 0.243 e. The molecule has 0 atom stereocenters. The van der Waals surface area contributed by atoms with Crippen molar-refractivity contribution in [2.45, 2.75) is 50.0 Å². The van der Waals surface area contributed by atoms with Crippen LogP contribution in [0.2, 0.25) is 0 Å².